The first-order chi connectivity index (χ1) is 22.2. The van der Waals surface area contributed by atoms with Crippen LogP contribution in [0.5, 0.6) is 0 Å². The van der Waals surface area contributed by atoms with Gasteiger partial charge in [0.1, 0.15) is 73.3 Å². The third kappa shape index (κ3) is 10.4. The number of carbonyl (C=O) groups is 1. The minimum Gasteiger partial charge on any atom is -0.479 e. The van der Waals surface area contributed by atoms with Crippen molar-refractivity contribution in [2.75, 3.05) is 13.2 Å². The third-order valence-electron chi connectivity index (χ3n) is 6.83. The van der Waals surface area contributed by atoms with Crippen LogP contribution in [0.4, 0.5) is 0 Å². The van der Waals surface area contributed by atoms with Crippen LogP contribution in [0.15, 0.2) is 0 Å². The molecule has 0 aromatic rings. The van der Waals surface area contributed by atoms with Crippen LogP contribution in [0, 0.1) is 0 Å². The van der Waals surface area contributed by atoms with Gasteiger partial charge in [0.2, 0.25) is 0 Å². The van der Waals surface area contributed by atoms with E-state index in [9.17, 15) is 58.6 Å². The maximum absolute atomic E-state index is 12.3. The lowest BCUT2D eigenvalue weighted by atomic mass is 9.95. The Balaban J connectivity index is 1.94. The molecule has 0 aromatic heterocycles. The van der Waals surface area contributed by atoms with E-state index in [4.69, 9.17) is 34.2 Å². The number of hydrogen-bond donors (Lipinski definition) is 13. The molecule has 0 bridgehead atoms. The van der Waals surface area contributed by atoms with Gasteiger partial charge in [-0.2, -0.15) is 8.42 Å². The van der Waals surface area contributed by atoms with Crippen molar-refractivity contribution >= 4 is 40.8 Å². The van der Waals surface area contributed by atoms with Crippen molar-refractivity contribution in [2.24, 2.45) is 0 Å². The fourth-order valence-corrected chi connectivity index (χ4v) is 6.07. The molecular weight excluding hydrogens is 724 g/mol. The number of hydrogen-bond acceptors (Lipinski definition) is 26. The number of aliphatic carboxylic acids is 1. The van der Waals surface area contributed by atoms with E-state index >= 15 is 0 Å². The molecule has 0 aliphatic carbocycles. The largest absolute Gasteiger partial charge is 0.479 e. The van der Waals surface area contributed by atoms with E-state index in [-0.39, 0.29) is 24.5 Å². The third-order valence-corrected chi connectivity index (χ3v) is 8.29. The predicted molar refractivity (Wildman–Crippen MR) is 139 cm³/mol. The predicted octanol–water partition coefficient (Wildman–Crippen LogP) is -6.49. The molecule has 13 N–H and O–H groups in total. The Bertz CT molecular complexity index is 1080. The van der Waals surface area contributed by atoms with Gasteiger partial charge in [-0.25, -0.2) is 28.9 Å². The van der Waals surface area contributed by atoms with Crippen LogP contribution in [0.1, 0.15) is 0 Å². The molecule has 29 heteroatoms. The summed E-state index contributed by atoms with van der Waals surface area (Å²) in [6.07, 6.45) is -26.5. The Kier molecular flexibility index (Phi) is 16.0. The van der Waals surface area contributed by atoms with Gasteiger partial charge in [0.15, 0.2) is 31.1 Å². The quantitative estimate of drug-likeness (QED) is 0.0164. The summed E-state index contributed by atoms with van der Waals surface area (Å²) in [7, 11) is -5.53. The van der Waals surface area contributed by atoms with Crippen LogP contribution in [-0.4, -0.2) is 176 Å². The molecule has 26 nitrogen and oxygen atoms in total. The van der Waals surface area contributed by atoms with E-state index in [0.29, 0.717) is 0 Å². The van der Waals surface area contributed by atoms with Gasteiger partial charge in [-0.15, -0.1) is 8.67 Å². The highest BCUT2D eigenvalue weighted by Gasteiger charge is 2.57. The molecule has 3 saturated heterocycles. The first-order valence-electron chi connectivity index (χ1n) is 12.7. The Morgan fingerprint density at radius 3 is 1.83 bits per heavy atom. The van der Waals surface area contributed by atoms with Crippen LogP contribution < -0.4 is 9.44 Å². The molecule has 0 saturated carbocycles. The van der Waals surface area contributed by atoms with E-state index in [0.717, 1.165) is 0 Å². The summed E-state index contributed by atoms with van der Waals surface area (Å²) in [5.74, 6) is -1.91. The molecular formula is C18H32N2O24S3. The van der Waals surface area contributed by atoms with E-state index in [1.807, 2.05) is 0 Å². The zero-order chi connectivity index (χ0) is 35.1. The van der Waals surface area contributed by atoms with Gasteiger partial charge in [0, 0.05) is 0 Å². The van der Waals surface area contributed by atoms with E-state index in [2.05, 4.69) is 32.4 Å². The average molecular weight is 757 g/mol. The minimum atomic E-state index is -5.53. The van der Waals surface area contributed by atoms with Crippen LogP contribution >= 0.6 is 24.5 Å². The molecule has 3 aliphatic heterocycles. The molecule has 0 amide bonds. The highest BCUT2D eigenvalue weighted by molar-refractivity contribution is 7.92. The number of carboxylic acids is 1. The molecule has 3 fully saturated rings. The van der Waals surface area contributed by atoms with Crippen LogP contribution in [0.2, 0.25) is 0 Å². The fourth-order valence-electron chi connectivity index (χ4n) is 4.72. The topological polar surface area (TPSA) is 390 Å². The highest BCUT2D eigenvalue weighted by atomic mass is 32.3. The van der Waals surface area contributed by atoms with Gasteiger partial charge >= 0.3 is 16.4 Å². The zero-order valence-electron chi connectivity index (χ0n) is 23.0. The smallest absolute Gasteiger partial charge is 0.397 e. The average Bonchev–Trinajstić information content (AvgIpc) is 3.01. The van der Waals surface area contributed by atoms with E-state index < -0.39 is 122 Å². The molecule has 47 heavy (non-hydrogen) atoms. The van der Waals surface area contributed by atoms with Crippen LogP contribution in [0.25, 0.3) is 0 Å². The van der Waals surface area contributed by atoms with Crippen molar-refractivity contribution in [3.8, 4) is 0 Å². The van der Waals surface area contributed by atoms with Gasteiger partial charge < -0.3 is 64.5 Å². The molecule has 0 spiro atoms. The molecule has 3 heterocycles. The molecule has 3 rings (SSSR count). The molecule has 0 radical (unpaired) electrons. The monoisotopic (exact) mass is 756 g/mol. The standard InChI is InChI=1S/C18H32N2O24S3/c21-1-3-7(23)8(24)6(20-46-44-42-31)17(36-3)38-12-10(26)13(40-47(32,33)34)18(39-14(12)15(27)28)37-11-4(2-22)35-16(29)5(9(11)25)19-45-43-41-30/h3-14,16-26,29-31H,1-2H2,(H,27,28)(H,32,33,34)/t3?,4?,5?,6?,7-,8-,9-,10+,11-,12+,13?,14?,16+,17-,18-/m1/s1. The van der Waals surface area contributed by atoms with Gasteiger partial charge in [-0.1, -0.05) is 10.1 Å². The molecule has 6 unspecified atom stereocenters. The Morgan fingerprint density at radius 1 is 0.723 bits per heavy atom. The first-order valence-corrected chi connectivity index (χ1v) is 15.6. The highest BCUT2D eigenvalue weighted by Crippen LogP contribution is 2.34. The van der Waals surface area contributed by atoms with Crippen molar-refractivity contribution in [1.29, 1.82) is 0 Å². The molecule has 276 valence electrons. The second kappa shape index (κ2) is 18.5. The second-order valence-corrected chi connectivity index (χ2v) is 11.8. The van der Waals surface area contributed by atoms with Gasteiger partial charge in [-0.3, -0.25) is 4.55 Å². The van der Waals surface area contributed by atoms with Crippen molar-refractivity contribution in [1.82, 2.24) is 9.44 Å². The summed E-state index contributed by atoms with van der Waals surface area (Å²) in [6, 6.07) is -3.23. The zero-order valence-corrected chi connectivity index (χ0v) is 25.5. The van der Waals surface area contributed by atoms with Crippen LogP contribution in [0.3, 0.4) is 0 Å². The second-order valence-electron chi connectivity index (χ2n) is 9.63. The first kappa shape index (κ1) is 40.7. The number of rotatable bonds is 17. The summed E-state index contributed by atoms with van der Waals surface area (Å²) in [6.45, 7) is -1.91. The normalized spacial score (nSPS) is 41.5. The van der Waals surface area contributed by atoms with Crippen molar-refractivity contribution in [3.05, 3.63) is 0 Å². The SMILES string of the molecule is O=C(O)C1O[C@@H](O[C@@H]2C(CO)O[C@H](O)C(NSOOO)[C@H]2O)C(OS(=O)(=O)O)[C@@H](O)[C@@H]1O[C@H]1OC(CO)[C@@H](O)[C@H](O)C1NSOOO. The Morgan fingerprint density at radius 2 is 1.30 bits per heavy atom. The number of aliphatic hydroxyl groups excluding tert-OH is 7. The van der Waals surface area contributed by atoms with Gasteiger partial charge in [0.05, 0.1) is 25.3 Å². The lowest BCUT2D eigenvalue weighted by molar-refractivity contribution is -0.432. The summed E-state index contributed by atoms with van der Waals surface area (Å²) in [5, 5.41) is 106. The van der Waals surface area contributed by atoms with Crippen molar-refractivity contribution < 1.29 is 116 Å². The van der Waals surface area contributed by atoms with Gasteiger partial charge in [0.25, 0.3) is 0 Å². The molecule has 3 aliphatic rings. The fraction of sp³-hybridized carbons (Fsp3) is 0.944. The lowest BCUT2D eigenvalue weighted by Crippen LogP contribution is -2.69. The summed E-state index contributed by atoms with van der Waals surface area (Å²) in [4.78, 5) is 12.3. The number of ether oxygens (including phenoxy) is 5. The van der Waals surface area contributed by atoms with E-state index in [1.165, 1.54) is 0 Å². The summed E-state index contributed by atoms with van der Waals surface area (Å²) in [5.41, 5.74) is 0. The summed E-state index contributed by atoms with van der Waals surface area (Å²) < 4.78 is 77.1. The summed E-state index contributed by atoms with van der Waals surface area (Å²) >= 11 is 0.219. The van der Waals surface area contributed by atoms with E-state index in [1.54, 1.807) is 0 Å². The Labute approximate surface area is 271 Å². The van der Waals surface area contributed by atoms with Gasteiger partial charge in [-0.05, 0) is 0 Å². The minimum absolute atomic E-state index is 0.0946. The number of nitrogens with one attached hydrogen (secondary N) is 2. The number of aliphatic hydroxyl groups is 7. The molecule has 15 atom stereocenters. The molecule has 0 aromatic carbocycles. The lowest BCUT2D eigenvalue weighted by Gasteiger charge is -2.48. The maximum atomic E-state index is 12.3. The number of carboxylic acid groups (broad SMARTS) is 1. The Hall–Kier alpha value is -0.760. The van der Waals surface area contributed by atoms with Crippen molar-refractivity contribution in [2.45, 2.75) is 92.0 Å². The van der Waals surface area contributed by atoms with Crippen LogP contribution in [-0.2, 0) is 61.8 Å². The maximum Gasteiger partial charge on any atom is 0.397 e. The van der Waals surface area contributed by atoms with Crippen molar-refractivity contribution in [3.63, 3.8) is 0 Å².